The summed E-state index contributed by atoms with van der Waals surface area (Å²) < 4.78 is 0. The van der Waals surface area contributed by atoms with Crippen molar-refractivity contribution in [3.05, 3.63) is 102 Å². The number of nitrogen functional groups attached to an aromatic ring is 1. The lowest BCUT2D eigenvalue weighted by molar-refractivity contribution is -0.144. The van der Waals surface area contributed by atoms with Crippen molar-refractivity contribution < 1.29 is 34.2 Å². The Labute approximate surface area is 444 Å². The van der Waals surface area contributed by atoms with Crippen molar-refractivity contribution in [1.29, 1.82) is 0 Å². The first-order valence-electron chi connectivity index (χ1n) is 26.0. The number of thiazole rings is 1. The summed E-state index contributed by atoms with van der Waals surface area (Å²) in [6.45, 7) is 9.90. The molecule has 2 fully saturated rings. The molecule has 7 N–H and O–H groups in total. The second kappa shape index (κ2) is 25.9. The van der Waals surface area contributed by atoms with Crippen LogP contribution in [-0.2, 0) is 30.5 Å². The first-order chi connectivity index (χ1) is 36.0. The number of aryl methyl sites for hydroxylation is 1. The van der Waals surface area contributed by atoms with Crippen molar-refractivity contribution in [1.82, 2.24) is 40.9 Å². The number of phenolic OH excluding ortho intramolecular Hbond substituents is 1. The molecule has 0 spiro atoms. The number of aliphatic hydroxyl groups excluding tert-OH is 1. The number of carbonyl (C=O) groups is 5. The van der Waals surface area contributed by atoms with Gasteiger partial charge >= 0.3 is 0 Å². The van der Waals surface area contributed by atoms with Crippen molar-refractivity contribution in [2.45, 2.75) is 116 Å². The highest BCUT2D eigenvalue weighted by Gasteiger charge is 2.44. The van der Waals surface area contributed by atoms with Crippen molar-refractivity contribution in [2.75, 3.05) is 61.8 Å². The first kappa shape index (κ1) is 55.6. The molecule has 0 bridgehead atoms. The molecule has 2 aliphatic heterocycles. The van der Waals surface area contributed by atoms with Crippen molar-refractivity contribution in [2.24, 2.45) is 5.41 Å². The fraction of sp³-hybridized carbons (Fsp3) is 0.464. The van der Waals surface area contributed by atoms with E-state index in [9.17, 15) is 34.2 Å². The molecular weight excluding hydrogens is 971 g/mol. The molecule has 75 heavy (non-hydrogen) atoms. The van der Waals surface area contributed by atoms with E-state index in [4.69, 9.17) is 5.73 Å². The number of hydrogen-bond acceptors (Lipinski definition) is 14. The second-order valence-corrected chi connectivity index (χ2v) is 21.5. The fourth-order valence-electron chi connectivity index (χ4n) is 9.68. The summed E-state index contributed by atoms with van der Waals surface area (Å²) in [5.74, 6) is -0.871. The molecule has 5 aromatic rings. The van der Waals surface area contributed by atoms with E-state index in [1.54, 1.807) is 47.5 Å². The maximum Gasteiger partial charge on any atom is 0.246 e. The highest BCUT2D eigenvalue weighted by molar-refractivity contribution is 7.13. The Bertz CT molecular complexity index is 2730. The van der Waals surface area contributed by atoms with Gasteiger partial charge in [0, 0.05) is 83.4 Å². The minimum absolute atomic E-state index is 0.000841. The van der Waals surface area contributed by atoms with Gasteiger partial charge in [-0.2, -0.15) is 0 Å². The van der Waals surface area contributed by atoms with Gasteiger partial charge in [0.2, 0.25) is 29.5 Å². The molecule has 0 saturated carbocycles. The van der Waals surface area contributed by atoms with E-state index in [0.717, 1.165) is 59.5 Å². The van der Waals surface area contributed by atoms with Crippen molar-refractivity contribution >= 4 is 58.1 Å². The van der Waals surface area contributed by atoms with Crippen LogP contribution in [0.1, 0.15) is 89.8 Å². The Kier molecular flexibility index (Phi) is 19.2. The van der Waals surface area contributed by atoms with E-state index in [1.165, 1.54) is 4.90 Å². The number of para-hydroxylation sites is 2. The predicted molar refractivity (Wildman–Crippen MR) is 293 cm³/mol. The normalized spacial score (nSPS) is 17.1. The molecule has 2 saturated heterocycles. The average Bonchev–Trinajstić information content (AvgIpc) is 4.02. The number of unbranched alkanes of at least 4 members (excludes halogenated alkanes) is 5. The van der Waals surface area contributed by atoms with Crippen LogP contribution in [0, 0.1) is 12.3 Å². The maximum atomic E-state index is 14.1. The molecule has 400 valence electrons. The molecule has 5 amide bonds. The number of nitrogens with two attached hydrogens (primary N) is 1. The summed E-state index contributed by atoms with van der Waals surface area (Å²) in [7, 11) is 1.74. The topological polar surface area (TPSA) is 240 Å². The third-order valence-corrected chi connectivity index (χ3v) is 15.0. The smallest absolute Gasteiger partial charge is 0.246 e. The van der Waals surface area contributed by atoms with E-state index >= 15 is 0 Å². The monoisotopic (exact) mass is 1040 g/mol. The SMILES string of the molecule is Cc1ncsc1-c1ccc(CNC(=O)[C@@H]2C[C@@H](O)CN2C(=O)[C@@H](NC(=O)CCCCCCCCC(=O)N(C)CCNC(=O)C2CN(c3cc(-c4ccccc4O)nnc3N)CCN2c2ccccc2)C(C)(C)C)cc1. The van der Waals surface area contributed by atoms with Crippen LogP contribution in [0.3, 0.4) is 0 Å². The van der Waals surface area contributed by atoms with Crippen LogP contribution in [0.15, 0.2) is 90.4 Å². The van der Waals surface area contributed by atoms with Crippen LogP contribution in [0.5, 0.6) is 5.75 Å². The zero-order chi connectivity index (χ0) is 53.6. The highest BCUT2D eigenvalue weighted by atomic mass is 32.1. The zero-order valence-corrected chi connectivity index (χ0v) is 44.7. The zero-order valence-electron chi connectivity index (χ0n) is 43.8. The van der Waals surface area contributed by atoms with Gasteiger partial charge in [-0.3, -0.25) is 24.0 Å². The number of benzene rings is 3. The van der Waals surface area contributed by atoms with E-state index in [0.29, 0.717) is 56.0 Å². The Balaban J connectivity index is 0.797. The van der Waals surface area contributed by atoms with Crippen LogP contribution < -0.4 is 31.5 Å². The average molecular weight is 1040 g/mol. The summed E-state index contributed by atoms with van der Waals surface area (Å²) in [6, 6.07) is 24.0. The minimum Gasteiger partial charge on any atom is -0.507 e. The number of carbonyl (C=O) groups excluding carboxylic acids is 5. The van der Waals surface area contributed by atoms with Gasteiger partial charge in [-0.25, -0.2) is 4.98 Å². The number of piperazine rings is 1. The summed E-state index contributed by atoms with van der Waals surface area (Å²) in [4.78, 5) is 80.4. The van der Waals surface area contributed by atoms with E-state index < -0.39 is 35.6 Å². The number of likely N-dealkylation sites (N-methyl/N-ethyl adjacent to an activating group) is 1. The number of aliphatic hydroxyl groups is 1. The molecular formula is C56H73N11O7S. The van der Waals surface area contributed by atoms with E-state index in [1.807, 2.05) is 98.8 Å². The van der Waals surface area contributed by atoms with Gasteiger partial charge in [0.15, 0.2) is 5.82 Å². The van der Waals surface area contributed by atoms with Gasteiger partial charge in [0.25, 0.3) is 0 Å². The first-order valence-corrected chi connectivity index (χ1v) is 26.9. The lowest BCUT2D eigenvalue weighted by Gasteiger charge is -2.43. The number of β-amino-alcohol motifs (C(OH)–C–C–N with tert-alkyl or cyclic N) is 1. The number of nitrogens with one attached hydrogen (secondary N) is 3. The Morgan fingerprint density at radius 3 is 2.21 bits per heavy atom. The lowest BCUT2D eigenvalue weighted by Crippen LogP contribution is -2.60. The molecule has 7 rings (SSSR count). The van der Waals surface area contributed by atoms with Gasteiger partial charge in [0.1, 0.15) is 23.9 Å². The molecule has 2 aliphatic rings. The third-order valence-electron chi connectivity index (χ3n) is 14.0. The second-order valence-electron chi connectivity index (χ2n) is 20.7. The number of aromatic nitrogens is 3. The number of anilines is 3. The third kappa shape index (κ3) is 14.8. The molecule has 4 heterocycles. The summed E-state index contributed by atoms with van der Waals surface area (Å²) >= 11 is 1.57. The number of likely N-dealkylation sites (tertiary alicyclic amines) is 1. The number of rotatable bonds is 22. The quantitative estimate of drug-likeness (QED) is 0.0433. The van der Waals surface area contributed by atoms with Crippen LogP contribution in [0.4, 0.5) is 17.2 Å². The van der Waals surface area contributed by atoms with Crippen LogP contribution in [0.2, 0.25) is 0 Å². The van der Waals surface area contributed by atoms with Gasteiger partial charge in [-0.1, -0.05) is 101 Å². The van der Waals surface area contributed by atoms with Gasteiger partial charge in [-0.05, 0) is 66.6 Å². The molecule has 18 nitrogen and oxygen atoms in total. The summed E-state index contributed by atoms with van der Waals surface area (Å²) in [6.07, 6.45) is 4.72. The standard InChI is InChI=1S/C56H73N11O7S/c1-37-50(75-36-60-37)39-25-23-38(24-26-39)33-59-53(72)45-31-41(68)34-67(45)55(74)51(56(2,3)4)61-48(70)21-13-8-6-7-9-14-22-49(71)64(5)28-27-58-54(73)46-35-65(29-30-66(46)40-17-11-10-12-18-40)44-32-43(62-63-52(44)57)42-19-15-16-20-47(42)69/h10-12,15-20,23-26,32,36,41,45-46,51,68-69H,6-9,13-14,21-22,27-31,33-35H2,1-5H3,(H2,57,63)(H,58,73)(H,59,72)(H,61,70)/t41-,45+,46?,51-/m1/s1. The highest BCUT2D eigenvalue weighted by Crippen LogP contribution is 2.34. The van der Waals surface area contributed by atoms with Crippen LogP contribution in [-0.4, -0.2) is 135 Å². The Morgan fingerprint density at radius 2 is 1.52 bits per heavy atom. The van der Waals surface area contributed by atoms with Gasteiger partial charge in [0.05, 0.1) is 33.6 Å². The largest absolute Gasteiger partial charge is 0.507 e. The number of nitrogens with zero attached hydrogens (tertiary/aromatic N) is 7. The molecule has 1 unspecified atom stereocenters. The molecule has 0 aliphatic carbocycles. The van der Waals surface area contributed by atoms with Gasteiger partial charge < -0.3 is 51.5 Å². The molecule has 19 heteroatoms. The number of amides is 5. The van der Waals surface area contributed by atoms with Crippen molar-refractivity contribution in [3.63, 3.8) is 0 Å². The maximum absolute atomic E-state index is 14.1. The Hall–Kier alpha value is -7.12. The van der Waals surface area contributed by atoms with E-state index in [2.05, 4.69) is 36.0 Å². The summed E-state index contributed by atoms with van der Waals surface area (Å²) in [5, 5.41) is 38.5. The molecule has 0 radical (unpaired) electrons. The molecule has 4 atom stereocenters. The number of aromatic hydroxyl groups is 1. The molecule has 2 aromatic heterocycles. The van der Waals surface area contributed by atoms with Crippen LogP contribution >= 0.6 is 11.3 Å². The van der Waals surface area contributed by atoms with Crippen molar-refractivity contribution in [3.8, 4) is 27.4 Å². The molecule has 3 aromatic carbocycles. The summed E-state index contributed by atoms with van der Waals surface area (Å²) in [5.41, 5.74) is 13.0. The Morgan fingerprint density at radius 1 is 0.840 bits per heavy atom. The number of hydrogen-bond donors (Lipinski definition) is 6. The number of phenols is 1. The predicted octanol–water partition coefficient (Wildman–Crippen LogP) is 6.06. The van der Waals surface area contributed by atoms with Gasteiger partial charge in [-0.15, -0.1) is 21.5 Å². The fourth-order valence-corrected chi connectivity index (χ4v) is 10.5. The lowest BCUT2D eigenvalue weighted by atomic mass is 9.85. The van der Waals surface area contributed by atoms with Crippen LogP contribution in [0.25, 0.3) is 21.7 Å². The van der Waals surface area contributed by atoms with E-state index in [-0.39, 0.29) is 67.7 Å². The minimum atomic E-state index is -0.891.